The zero-order valence-electron chi connectivity index (χ0n) is 9.63. The second kappa shape index (κ2) is 10.9. The molecule has 0 saturated heterocycles. The molecule has 0 amide bonds. The van der Waals surface area contributed by atoms with Gasteiger partial charge in [0.05, 0.1) is 18.8 Å². The molecule has 0 radical (unpaired) electrons. The van der Waals surface area contributed by atoms with Crippen molar-refractivity contribution in [2.24, 2.45) is 5.92 Å². The number of aliphatic hydroxyl groups excluding tert-OH is 1. The molecule has 1 atom stereocenters. The summed E-state index contributed by atoms with van der Waals surface area (Å²) in [5.41, 5.74) is 0. The van der Waals surface area contributed by atoms with Gasteiger partial charge in [0.1, 0.15) is 0 Å². The van der Waals surface area contributed by atoms with Gasteiger partial charge in [0.25, 0.3) is 0 Å². The van der Waals surface area contributed by atoms with Gasteiger partial charge in [-0.25, -0.2) is 0 Å². The van der Waals surface area contributed by atoms with Crippen molar-refractivity contribution in [3.8, 4) is 0 Å². The van der Waals surface area contributed by atoms with Crippen LogP contribution in [0.1, 0.15) is 32.6 Å². The third-order valence-corrected chi connectivity index (χ3v) is 1.77. The summed E-state index contributed by atoms with van der Waals surface area (Å²) in [5.74, 6) is -3.26. The van der Waals surface area contributed by atoms with Crippen LogP contribution < -0.4 is 0 Å². The lowest BCUT2D eigenvalue weighted by atomic mass is 10.1. The highest BCUT2D eigenvalue weighted by molar-refractivity contribution is 5.75. The minimum atomic E-state index is -1.08. The molecule has 7 nitrogen and oxygen atoms in total. The Morgan fingerprint density at radius 1 is 1.00 bits per heavy atom. The SMILES string of the molecule is CC(CCCO)C(=O)O.O=C(O)CCC(=O)O. The molecule has 7 heteroatoms. The van der Waals surface area contributed by atoms with Gasteiger partial charge in [0.2, 0.25) is 0 Å². The summed E-state index contributed by atoms with van der Waals surface area (Å²) in [6.07, 6.45) is 0.546. The van der Waals surface area contributed by atoms with Gasteiger partial charge < -0.3 is 20.4 Å². The number of carbonyl (C=O) groups is 3. The van der Waals surface area contributed by atoms with Crippen molar-refractivity contribution < 1.29 is 34.8 Å². The lowest BCUT2D eigenvalue weighted by Crippen LogP contribution is -2.09. The molecule has 0 aliphatic rings. The molecule has 0 aliphatic heterocycles. The van der Waals surface area contributed by atoms with E-state index in [0.717, 1.165) is 0 Å². The number of carboxylic acid groups (broad SMARTS) is 3. The molecule has 0 rings (SSSR count). The van der Waals surface area contributed by atoms with Crippen molar-refractivity contribution in [1.29, 1.82) is 0 Å². The lowest BCUT2D eigenvalue weighted by molar-refractivity contribution is -0.143. The second-order valence-electron chi connectivity index (χ2n) is 3.39. The van der Waals surface area contributed by atoms with Crippen LogP contribution in [0, 0.1) is 5.92 Å². The van der Waals surface area contributed by atoms with Crippen LogP contribution in [0.2, 0.25) is 0 Å². The fraction of sp³-hybridized carbons (Fsp3) is 0.700. The molecule has 4 N–H and O–H groups in total. The van der Waals surface area contributed by atoms with E-state index < -0.39 is 17.9 Å². The minimum absolute atomic E-state index is 0.0810. The first-order valence-corrected chi connectivity index (χ1v) is 5.08. The van der Waals surface area contributed by atoms with Gasteiger partial charge in [-0.05, 0) is 12.8 Å². The maximum absolute atomic E-state index is 10.1. The Morgan fingerprint density at radius 2 is 1.41 bits per heavy atom. The molecule has 0 aromatic rings. The summed E-state index contributed by atoms with van der Waals surface area (Å²) in [6.45, 7) is 1.72. The third kappa shape index (κ3) is 17.0. The zero-order valence-corrected chi connectivity index (χ0v) is 9.63. The minimum Gasteiger partial charge on any atom is -0.481 e. The molecule has 100 valence electrons. The van der Waals surface area contributed by atoms with Crippen molar-refractivity contribution in [3.05, 3.63) is 0 Å². The maximum Gasteiger partial charge on any atom is 0.306 e. The Labute approximate surface area is 98.7 Å². The number of aliphatic hydroxyl groups is 1. The number of aliphatic carboxylic acids is 3. The van der Waals surface area contributed by atoms with Crippen LogP contribution in [0.15, 0.2) is 0 Å². The van der Waals surface area contributed by atoms with Gasteiger partial charge >= 0.3 is 17.9 Å². The molecule has 0 heterocycles. The summed E-state index contributed by atoms with van der Waals surface area (Å²) < 4.78 is 0. The van der Waals surface area contributed by atoms with E-state index in [1.807, 2.05) is 0 Å². The van der Waals surface area contributed by atoms with Gasteiger partial charge in [-0.2, -0.15) is 0 Å². The predicted octanol–water partition coefficient (Wildman–Crippen LogP) is 0.415. The first kappa shape index (κ1) is 17.8. The van der Waals surface area contributed by atoms with Crippen molar-refractivity contribution in [3.63, 3.8) is 0 Å². The molecule has 0 fully saturated rings. The Morgan fingerprint density at radius 3 is 1.65 bits per heavy atom. The quantitative estimate of drug-likeness (QED) is 0.514. The van der Waals surface area contributed by atoms with E-state index in [2.05, 4.69) is 0 Å². The van der Waals surface area contributed by atoms with E-state index in [1.165, 1.54) is 0 Å². The molecule has 0 aromatic carbocycles. The molecule has 0 bridgehead atoms. The van der Waals surface area contributed by atoms with Gasteiger partial charge in [0.15, 0.2) is 0 Å². The number of rotatable bonds is 7. The standard InChI is InChI=1S/C6H12O3.C4H6O4/c1-5(6(8)9)3-2-4-7;5-3(6)1-2-4(7)8/h5,7H,2-4H2,1H3,(H,8,9);1-2H2,(H,5,6)(H,7,8). The predicted molar refractivity (Wildman–Crippen MR) is 57.6 cm³/mol. The summed E-state index contributed by atoms with van der Waals surface area (Å²) >= 11 is 0. The Kier molecular flexibility index (Phi) is 11.4. The van der Waals surface area contributed by atoms with Crippen LogP contribution in [0.25, 0.3) is 0 Å². The van der Waals surface area contributed by atoms with E-state index in [-0.39, 0.29) is 25.4 Å². The topological polar surface area (TPSA) is 132 Å². The van der Waals surface area contributed by atoms with Crippen LogP contribution in [-0.4, -0.2) is 44.9 Å². The van der Waals surface area contributed by atoms with Crippen LogP contribution in [0.3, 0.4) is 0 Å². The molecule has 1 unspecified atom stereocenters. The summed E-state index contributed by atoms with van der Waals surface area (Å²) in [7, 11) is 0. The van der Waals surface area contributed by atoms with E-state index in [1.54, 1.807) is 6.92 Å². The molecule has 0 aliphatic carbocycles. The van der Waals surface area contributed by atoms with Gasteiger partial charge in [-0.1, -0.05) is 6.92 Å². The van der Waals surface area contributed by atoms with E-state index in [4.69, 9.17) is 20.4 Å². The largest absolute Gasteiger partial charge is 0.481 e. The molecule has 0 saturated carbocycles. The molecular formula is C10H18O7. The molecule has 17 heavy (non-hydrogen) atoms. The average molecular weight is 250 g/mol. The fourth-order valence-corrected chi connectivity index (χ4v) is 0.735. The normalized spacial score (nSPS) is 10.9. The number of carboxylic acids is 3. The van der Waals surface area contributed by atoms with Crippen LogP contribution in [0.5, 0.6) is 0 Å². The third-order valence-electron chi connectivity index (χ3n) is 1.77. The lowest BCUT2D eigenvalue weighted by Gasteiger charge is -2.01. The Balaban J connectivity index is 0. The second-order valence-corrected chi connectivity index (χ2v) is 3.39. The van der Waals surface area contributed by atoms with Crippen LogP contribution in [0.4, 0.5) is 0 Å². The fourth-order valence-electron chi connectivity index (χ4n) is 0.735. The van der Waals surface area contributed by atoms with Gasteiger partial charge in [-0.15, -0.1) is 0 Å². The van der Waals surface area contributed by atoms with E-state index in [9.17, 15) is 14.4 Å². The zero-order chi connectivity index (χ0) is 13.8. The monoisotopic (exact) mass is 250 g/mol. The smallest absolute Gasteiger partial charge is 0.306 e. The van der Waals surface area contributed by atoms with Gasteiger partial charge in [-0.3, -0.25) is 14.4 Å². The summed E-state index contributed by atoms with van der Waals surface area (Å²) in [4.78, 5) is 29.4. The first-order valence-electron chi connectivity index (χ1n) is 5.08. The van der Waals surface area contributed by atoms with E-state index >= 15 is 0 Å². The van der Waals surface area contributed by atoms with Crippen molar-refractivity contribution in [1.82, 2.24) is 0 Å². The Hall–Kier alpha value is -1.63. The molecule has 0 aromatic heterocycles. The van der Waals surface area contributed by atoms with Crippen molar-refractivity contribution >= 4 is 17.9 Å². The molecular weight excluding hydrogens is 232 g/mol. The highest BCUT2D eigenvalue weighted by Gasteiger charge is 2.08. The van der Waals surface area contributed by atoms with E-state index in [0.29, 0.717) is 12.8 Å². The van der Waals surface area contributed by atoms with Crippen LogP contribution in [-0.2, 0) is 14.4 Å². The summed E-state index contributed by atoms with van der Waals surface area (Å²) in [6, 6.07) is 0. The maximum atomic E-state index is 10.1. The highest BCUT2D eigenvalue weighted by atomic mass is 16.4. The van der Waals surface area contributed by atoms with Crippen molar-refractivity contribution in [2.75, 3.05) is 6.61 Å². The van der Waals surface area contributed by atoms with Crippen LogP contribution >= 0.6 is 0 Å². The molecule has 0 spiro atoms. The number of hydrogen-bond acceptors (Lipinski definition) is 4. The first-order chi connectivity index (χ1) is 7.81. The number of hydrogen-bond donors (Lipinski definition) is 4. The average Bonchev–Trinajstić information content (AvgIpc) is 2.23. The summed E-state index contributed by atoms with van der Waals surface area (Å²) in [5, 5.41) is 32.4. The Bertz CT molecular complexity index is 235. The van der Waals surface area contributed by atoms with Gasteiger partial charge in [0, 0.05) is 6.61 Å². The van der Waals surface area contributed by atoms with Crippen molar-refractivity contribution in [2.45, 2.75) is 32.6 Å². The highest BCUT2D eigenvalue weighted by Crippen LogP contribution is 2.03.